The molecule has 0 saturated carbocycles. The lowest BCUT2D eigenvalue weighted by Crippen LogP contribution is -3.14. The Balaban J connectivity index is 1.76. The van der Waals surface area contributed by atoms with Crippen LogP contribution in [-0.4, -0.2) is 23.4 Å². The second kappa shape index (κ2) is 5.63. The molecule has 0 fully saturated rings. The predicted octanol–water partition coefficient (Wildman–Crippen LogP) is 1.72. The van der Waals surface area contributed by atoms with Crippen LogP contribution in [-0.2, 0) is 6.54 Å². The fraction of sp³-hybridized carbons (Fsp3) is 0.353. The van der Waals surface area contributed by atoms with Crippen molar-refractivity contribution in [3.05, 3.63) is 59.9 Å². The van der Waals surface area contributed by atoms with Crippen LogP contribution in [0.2, 0.25) is 0 Å². The highest BCUT2D eigenvalue weighted by atomic mass is 16.1. The Labute approximate surface area is 119 Å². The Morgan fingerprint density at radius 2 is 2.05 bits per heavy atom. The molecule has 0 amide bonds. The molecule has 104 valence electrons. The third-order valence-corrected chi connectivity index (χ3v) is 4.28. The second-order valence-corrected chi connectivity index (χ2v) is 5.46. The lowest BCUT2D eigenvalue weighted by molar-refractivity contribution is -0.928. The van der Waals surface area contributed by atoms with Crippen molar-refractivity contribution >= 4 is 5.78 Å². The zero-order valence-electron chi connectivity index (χ0n) is 11.9. The van der Waals surface area contributed by atoms with E-state index in [0.717, 1.165) is 25.1 Å². The standard InChI is InChI=1S/C17H20N2O/c1-2-15-16-9-6-10-18(16)11-12-19(15)13-17(20)14-7-4-3-5-8-14/h3-10,15H,2,11-13H2,1H3/p+1. The SMILES string of the molecule is CCC1c2cccn2CC[NH+]1CC(=O)c1ccccc1. The molecule has 2 atom stereocenters. The van der Waals surface area contributed by atoms with E-state index in [-0.39, 0.29) is 5.78 Å². The summed E-state index contributed by atoms with van der Waals surface area (Å²) in [5, 5.41) is 0. The molecule has 1 aromatic heterocycles. The molecule has 1 aromatic carbocycles. The van der Waals surface area contributed by atoms with Gasteiger partial charge in [0.15, 0.2) is 0 Å². The van der Waals surface area contributed by atoms with Gasteiger partial charge in [0.05, 0.1) is 18.8 Å². The van der Waals surface area contributed by atoms with Crippen LogP contribution in [0.15, 0.2) is 48.7 Å². The largest absolute Gasteiger partial charge is 0.341 e. The quantitative estimate of drug-likeness (QED) is 0.841. The number of carbonyl (C=O) groups excluding carboxylic acids is 1. The lowest BCUT2D eigenvalue weighted by Gasteiger charge is -2.33. The van der Waals surface area contributed by atoms with Gasteiger partial charge in [-0.05, 0) is 12.1 Å². The van der Waals surface area contributed by atoms with Gasteiger partial charge >= 0.3 is 0 Å². The maximum atomic E-state index is 12.4. The second-order valence-electron chi connectivity index (χ2n) is 5.46. The first kappa shape index (κ1) is 13.1. The van der Waals surface area contributed by atoms with Crippen molar-refractivity contribution in [2.75, 3.05) is 13.1 Å². The highest BCUT2D eigenvalue weighted by molar-refractivity contribution is 5.96. The van der Waals surface area contributed by atoms with Crippen LogP contribution in [0.25, 0.3) is 0 Å². The van der Waals surface area contributed by atoms with Crippen molar-refractivity contribution < 1.29 is 9.69 Å². The number of aromatic nitrogens is 1. The maximum Gasteiger partial charge on any atom is 0.216 e. The van der Waals surface area contributed by atoms with E-state index < -0.39 is 0 Å². The molecule has 2 aromatic rings. The summed E-state index contributed by atoms with van der Waals surface area (Å²) in [6, 6.07) is 14.4. The number of hydrogen-bond acceptors (Lipinski definition) is 1. The number of Topliss-reactive ketones (excluding diaryl/α,β-unsaturated/α-hetero) is 1. The Hall–Kier alpha value is -1.87. The fourth-order valence-electron chi connectivity index (χ4n) is 3.24. The highest BCUT2D eigenvalue weighted by Crippen LogP contribution is 2.17. The number of nitrogens with zero attached hydrogens (tertiary/aromatic N) is 1. The van der Waals surface area contributed by atoms with Gasteiger partial charge in [0.1, 0.15) is 12.6 Å². The summed E-state index contributed by atoms with van der Waals surface area (Å²) in [7, 11) is 0. The van der Waals surface area contributed by atoms with E-state index in [4.69, 9.17) is 0 Å². The van der Waals surface area contributed by atoms with Crippen molar-refractivity contribution in [2.45, 2.75) is 25.9 Å². The van der Waals surface area contributed by atoms with Gasteiger partial charge in [0.2, 0.25) is 5.78 Å². The van der Waals surface area contributed by atoms with Crippen LogP contribution in [0.3, 0.4) is 0 Å². The average Bonchev–Trinajstić information content (AvgIpc) is 2.96. The van der Waals surface area contributed by atoms with E-state index in [1.54, 1.807) is 0 Å². The smallest absolute Gasteiger partial charge is 0.216 e. The van der Waals surface area contributed by atoms with Gasteiger partial charge in [-0.3, -0.25) is 4.79 Å². The van der Waals surface area contributed by atoms with Crippen molar-refractivity contribution in [3.8, 4) is 0 Å². The summed E-state index contributed by atoms with van der Waals surface area (Å²) in [6.45, 7) is 4.84. The molecule has 2 unspecified atom stereocenters. The third kappa shape index (κ3) is 2.41. The molecule has 1 N–H and O–H groups in total. The zero-order valence-corrected chi connectivity index (χ0v) is 11.9. The molecule has 0 bridgehead atoms. The van der Waals surface area contributed by atoms with Crippen LogP contribution in [0.4, 0.5) is 0 Å². The topological polar surface area (TPSA) is 26.4 Å². The summed E-state index contributed by atoms with van der Waals surface area (Å²) < 4.78 is 2.32. The molecule has 1 aliphatic heterocycles. The molecule has 1 aliphatic rings. The van der Waals surface area contributed by atoms with E-state index in [0.29, 0.717) is 12.6 Å². The number of benzene rings is 1. The minimum absolute atomic E-state index is 0.249. The zero-order chi connectivity index (χ0) is 13.9. The molecule has 0 aliphatic carbocycles. The molecule has 0 radical (unpaired) electrons. The molecular weight excluding hydrogens is 248 g/mol. The van der Waals surface area contributed by atoms with Crippen LogP contribution in [0, 0.1) is 0 Å². The van der Waals surface area contributed by atoms with Crippen LogP contribution in [0.1, 0.15) is 35.4 Å². The van der Waals surface area contributed by atoms with E-state index in [9.17, 15) is 4.79 Å². The average molecular weight is 269 g/mol. The van der Waals surface area contributed by atoms with E-state index in [2.05, 4.69) is 29.8 Å². The first-order chi connectivity index (χ1) is 9.79. The van der Waals surface area contributed by atoms with Gasteiger partial charge in [0, 0.05) is 18.2 Å². The van der Waals surface area contributed by atoms with E-state index >= 15 is 0 Å². The molecule has 0 saturated heterocycles. The van der Waals surface area contributed by atoms with E-state index in [1.807, 2.05) is 30.3 Å². The number of hydrogen-bond donors (Lipinski definition) is 1. The molecule has 3 nitrogen and oxygen atoms in total. The Bertz CT molecular complexity index is 588. The Kier molecular flexibility index (Phi) is 3.70. The lowest BCUT2D eigenvalue weighted by atomic mass is 10.0. The van der Waals surface area contributed by atoms with Crippen LogP contribution in [0.5, 0.6) is 0 Å². The van der Waals surface area contributed by atoms with Gasteiger partial charge in [-0.25, -0.2) is 0 Å². The maximum absolute atomic E-state index is 12.4. The van der Waals surface area contributed by atoms with Crippen LogP contribution >= 0.6 is 0 Å². The first-order valence-corrected chi connectivity index (χ1v) is 7.37. The van der Waals surface area contributed by atoms with Crippen molar-refractivity contribution in [1.82, 2.24) is 4.57 Å². The van der Waals surface area contributed by atoms with Gasteiger partial charge in [0.25, 0.3) is 0 Å². The Morgan fingerprint density at radius 3 is 2.80 bits per heavy atom. The van der Waals surface area contributed by atoms with Gasteiger partial charge < -0.3 is 9.47 Å². The summed E-state index contributed by atoms with van der Waals surface area (Å²) in [4.78, 5) is 13.8. The number of fused-ring (bicyclic) bond motifs is 1. The minimum atomic E-state index is 0.249. The summed E-state index contributed by atoms with van der Waals surface area (Å²) in [6.07, 6.45) is 3.22. The monoisotopic (exact) mass is 269 g/mol. The normalized spacial score (nSPS) is 21.4. The number of nitrogens with one attached hydrogen (secondary N) is 1. The number of carbonyl (C=O) groups is 1. The fourth-order valence-corrected chi connectivity index (χ4v) is 3.24. The molecule has 3 heteroatoms. The number of ketones is 1. The third-order valence-electron chi connectivity index (χ3n) is 4.28. The molecule has 2 heterocycles. The van der Waals surface area contributed by atoms with Crippen molar-refractivity contribution in [2.24, 2.45) is 0 Å². The number of quaternary nitrogens is 1. The van der Waals surface area contributed by atoms with Crippen molar-refractivity contribution in [3.63, 3.8) is 0 Å². The summed E-state index contributed by atoms with van der Waals surface area (Å²) >= 11 is 0. The highest BCUT2D eigenvalue weighted by Gasteiger charge is 2.30. The Morgan fingerprint density at radius 1 is 1.25 bits per heavy atom. The number of rotatable bonds is 4. The van der Waals surface area contributed by atoms with Crippen LogP contribution < -0.4 is 4.90 Å². The molecule has 20 heavy (non-hydrogen) atoms. The molecule has 0 spiro atoms. The van der Waals surface area contributed by atoms with Gasteiger partial charge in [-0.1, -0.05) is 37.3 Å². The predicted molar refractivity (Wildman–Crippen MR) is 78.9 cm³/mol. The molecule has 3 rings (SSSR count). The molecular formula is C17H21N2O+. The van der Waals surface area contributed by atoms with Gasteiger partial charge in [-0.2, -0.15) is 0 Å². The minimum Gasteiger partial charge on any atom is -0.341 e. The van der Waals surface area contributed by atoms with Crippen molar-refractivity contribution in [1.29, 1.82) is 0 Å². The summed E-state index contributed by atoms with van der Waals surface area (Å²) in [5.74, 6) is 0.249. The summed E-state index contributed by atoms with van der Waals surface area (Å²) in [5.41, 5.74) is 2.20. The first-order valence-electron chi connectivity index (χ1n) is 7.37. The van der Waals surface area contributed by atoms with Gasteiger partial charge in [-0.15, -0.1) is 0 Å². The van der Waals surface area contributed by atoms with E-state index in [1.165, 1.54) is 10.6 Å².